The summed E-state index contributed by atoms with van der Waals surface area (Å²) < 4.78 is 1.16. The molecular weight excluding hydrogens is 389 g/mol. The van der Waals surface area contributed by atoms with E-state index in [0.29, 0.717) is 22.3 Å². The zero-order valence-corrected chi connectivity index (χ0v) is 16.7. The van der Waals surface area contributed by atoms with Gasteiger partial charge in [0.15, 0.2) is 0 Å². The van der Waals surface area contributed by atoms with Gasteiger partial charge in [-0.1, -0.05) is 42.3 Å². The highest BCUT2D eigenvalue weighted by Crippen LogP contribution is 2.26. The maximum absolute atomic E-state index is 12.4. The van der Waals surface area contributed by atoms with Gasteiger partial charge < -0.3 is 5.32 Å². The highest BCUT2D eigenvalue weighted by molar-refractivity contribution is 7.18. The lowest BCUT2D eigenvalue weighted by Crippen LogP contribution is -2.33. The lowest BCUT2D eigenvalue weighted by Gasteiger charge is -2.20. The molecule has 0 fully saturated rings. The van der Waals surface area contributed by atoms with Gasteiger partial charge in [0.05, 0.1) is 34.0 Å². The average molecular weight is 408 g/mol. The number of hydrogen-bond acceptors (Lipinski definition) is 4. The van der Waals surface area contributed by atoms with Crippen LogP contribution in [0.5, 0.6) is 0 Å². The Balaban J connectivity index is 1.66. The molecule has 1 amide bonds. The normalized spacial score (nSPS) is 11.2. The number of nitrogens with zero attached hydrogens (tertiary/aromatic N) is 2. The van der Waals surface area contributed by atoms with Gasteiger partial charge in [0, 0.05) is 5.02 Å². The molecule has 26 heavy (non-hydrogen) atoms. The third-order valence-corrected chi connectivity index (χ3v) is 5.38. The standard InChI is InChI=1S/C19H19Cl2N3OS/c1-2-9-24(12-19-23-16-5-3-4-6-17(16)26-19)11-18(25)22-15-8-7-13(20)10-14(15)21/h3-8,10H,2,9,11-12H2,1H3,(H,22,25). The number of aromatic nitrogens is 1. The number of carbonyl (C=O) groups is 1. The molecule has 2 aromatic carbocycles. The molecule has 1 heterocycles. The molecule has 1 N–H and O–H groups in total. The van der Waals surface area contributed by atoms with Crippen LogP contribution in [0.1, 0.15) is 18.4 Å². The summed E-state index contributed by atoms with van der Waals surface area (Å²) >= 11 is 13.7. The van der Waals surface area contributed by atoms with E-state index >= 15 is 0 Å². The van der Waals surface area contributed by atoms with Crippen molar-refractivity contribution in [2.75, 3.05) is 18.4 Å². The molecule has 0 aliphatic rings. The fraction of sp³-hybridized carbons (Fsp3) is 0.263. The molecule has 0 aliphatic heterocycles. The van der Waals surface area contributed by atoms with Crippen LogP contribution in [0.15, 0.2) is 42.5 Å². The summed E-state index contributed by atoms with van der Waals surface area (Å²) in [4.78, 5) is 19.2. The molecule has 0 bridgehead atoms. The first-order chi connectivity index (χ1) is 12.5. The molecule has 0 radical (unpaired) electrons. The summed E-state index contributed by atoms with van der Waals surface area (Å²) in [5, 5.41) is 4.83. The molecule has 0 unspecified atom stereocenters. The first-order valence-corrected chi connectivity index (χ1v) is 9.94. The predicted octanol–water partition coefficient (Wildman–Crippen LogP) is 5.45. The van der Waals surface area contributed by atoms with Gasteiger partial charge in [-0.25, -0.2) is 4.98 Å². The van der Waals surface area contributed by atoms with Crippen LogP contribution in [0.3, 0.4) is 0 Å². The SMILES string of the molecule is CCCN(CC(=O)Nc1ccc(Cl)cc1Cl)Cc1nc2ccccc2s1. The van der Waals surface area contributed by atoms with Crippen molar-refractivity contribution >= 4 is 56.3 Å². The second-order valence-electron chi connectivity index (χ2n) is 5.96. The van der Waals surface area contributed by atoms with Gasteiger partial charge in [-0.05, 0) is 43.3 Å². The lowest BCUT2D eigenvalue weighted by atomic mass is 10.3. The van der Waals surface area contributed by atoms with Crippen LogP contribution in [0, 0.1) is 0 Å². The van der Waals surface area contributed by atoms with E-state index in [9.17, 15) is 4.79 Å². The first kappa shape index (κ1) is 19.1. The van der Waals surface area contributed by atoms with Gasteiger partial charge in [0.1, 0.15) is 5.01 Å². The zero-order chi connectivity index (χ0) is 18.5. The minimum Gasteiger partial charge on any atom is -0.324 e. The quantitative estimate of drug-likeness (QED) is 0.565. The minimum absolute atomic E-state index is 0.108. The molecule has 0 spiro atoms. The van der Waals surface area contributed by atoms with Gasteiger partial charge in [0.25, 0.3) is 0 Å². The smallest absolute Gasteiger partial charge is 0.238 e. The van der Waals surface area contributed by atoms with Crippen LogP contribution in [-0.4, -0.2) is 28.9 Å². The van der Waals surface area contributed by atoms with Crippen molar-refractivity contribution in [1.29, 1.82) is 0 Å². The van der Waals surface area contributed by atoms with E-state index in [4.69, 9.17) is 23.2 Å². The number of thiazole rings is 1. The van der Waals surface area contributed by atoms with E-state index in [-0.39, 0.29) is 12.5 Å². The molecule has 0 aliphatic carbocycles. The van der Waals surface area contributed by atoms with E-state index in [1.165, 1.54) is 0 Å². The summed E-state index contributed by atoms with van der Waals surface area (Å²) in [5.41, 5.74) is 1.57. The summed E-state index contributed by atoms with van der Waals surface area (Å²) in [6.07, 6.45) is 0.958. The van der Waals surface area contributed by atoms with Crippen LogP contribution in [0.2, 0.25) is 10.0 Å². The lowest BCUT2D eigenvalue weighted by molar-refractivity contribution is -0.117. The Labute approximate surface area is 166 Å². The molecule has 0 saturated carbocycles. The number of fused-ring (bicyclic) bond motifs is 1. The number of halogens is 2. The van der Waals surface area contributed by atoms with Crippen LogP contribution in [-0.2, 0) is 11.3 Å². The Morgan fingerprint density at radius 3 is 2.77 bits per heavy atom. The molecule has 7 heteroatoms. The zero-order valence-electron chi connectivity index (χ0n) is 14.3. The Bertz CT molecular complexity index is 880. The molecule has 0 saturated heterocycles. The van der Waals surface area contributed by atoms with E-state index in [2.05, 4.69) is 28.2 Å². The molecule has 4 nitrogen and oxygen atoms in total. The van der Waals surface area contributed by atoms with Crippen molar-refractivity contribution in [2.24, 2.45) is 0 Å². The highest BCUT2D eigenvalue weighted by atomic mass is 35.5. The van der Waals surface area contributed by atoms with Crippen LogP contribution in [0.25, 0.3) is 10.2 Å². The Morgan fingerprint density at radius 2 is 2.04 bits per heavy atom. The maximum Gasteiger partial charge on any atom is 0.238 e. The number of nitrogens with one attached hydrogen (secondary N) is 1. The minimum atomic E-state index is -0.108. The number of carbonyl (C=O) groups excluding carboxylic acids is 1. The number of para-hydroxylation sites is 1. The predicted molar refractivity (Wildman–Crippen MR) is 110 cm³/mol. The summed E-state index contributed by atoms with van der Waals surface area (Å²) in [7, 11) is 0. The van der Waals surface area contributed by atoms with Crippen molar-refractivity contribution in [3.8, 4) is 0 Å². The highest BCUT2D eigenvalue weighted by Gasteiger charge is 2.14. The van der Waals surface area contributed by atoms with E-state index in [0.717, 1.165) is 28.2 Å². The summed E-state index contributed by atoms with van der Waals surface area (Å²) in [5.74, 6) is -0.108. The van der Waals surface area contributed by atoms with Gasteiger partial charge in [-0.2, -0.15) is 0 Å². The molecular formula is C19H19Cl2N3OS. The van der Waals surface area contributed by atoms with E-state index < -0.39 is 0 Å². The van der Waals surface area contributed by atoms with Gasteiger partial charge >= 0.3 is 0 Å². The van der Waals surface area contributed by atoms with E-state index in [1.54, 1.807) is 29.5 Å². The molecule has 1 aromatic heterocycles. The fourth-order valence-corrected chi connectivity index (χ4v) is 4.16. The average Bonchev–Trinajstić information content (AvgIpc) is 3.00. The Kier molecular flexibility index (Phi) is 6.48. The largest absolute Gasteiger partial charge is 0.324 e. The summed E-state index contributed by atoms with van der Waals surface area (Å²) in [6.45, 7) is 3.84. The number of benzene rings is 2. The van der Waals surface area contributed by atoms with Crippen molar-refractivity contribution in [2.45, 2.75) is 19.9 Å². The van der Waals surface area contributed by atoms with Gasteiger partial charge in [0.2, 0.25) is 5.91 Å². The van der Waals surface area contributed by atoms with Crippen LogP contribution < -0.4 is 5.32 Å². The number of anilines is 1. The molecule has 3 rings (SSSR count). The van der Waals surface area contributed by atoms with Crippen molar-refractivity contribution in [3.05, 3.63) is 57.5 Å². The first-order valence-electron chi connectivity index (χ1n) is 8.37. The second-order valence-corrected chi connectivity index (χ2v) is 7.92. The monoisotopic (exact) mass is 407 g/mol. The molecule has 136 valence electrons. The van der Waals surface area contributed by atoms with Crippen molar-refractivity contribution in [1.82, 2.24) is 9.88 Å². The number of amides is 1. The van der Waals surface area contributed by atoms with E-state index in [1.807, 2.05) is 18.2 Å². The second kappa shape index (κ2) is 8.82. The van der Waals surface area contributed by atoms with Crippen molar-refractivity contribution < 1.29 is 4.79 Å². The van der Waals surface area contributed by atoms with Gasteiger partial charge in [-0.15, -0.1) is 11.3 Å². The molecule has 3 aromatic rings. The van der Waals surface area contributed by atoms with Crippen LogP contribution >= 0.6 is 34.5 Å². The summed E-state index contributed by atoms with van der Waals surface area (Å²) in [6, 6.07) is 13.1. The maximum atomic E-state index is 12.4. The number of rotatable bonds is 7. The third-order valence-electron chi connectivity index (χ3n) is 3.81. The topological polar surface area (TPSA) is 45.2 Å². The Morgan fingerprint density at radius 1 is 1.23 bits per heavy atom. The van der Waals surface area contributed by atoms with Gasteiger partial charge in [-0.3, -0.25) is 9.69 Å². The van der Waals surface area contributed by atoms with Crippen LogP contribution in [0.4, 0.5) is 5.69 Å². The molecule has 0 atom stereocenters. The third kappa shape index (κ3) is 4.95. The van der Waals surface area contributed by atoms with Crippen molar-refractivity contribution in [3.63, 3.8) is 0 Å². The fourth-order valence-electron chi connectivity index (χ4n) is 2.69. The number of hydrogen-bond donors (Lipinski definition) is 1. The Hall–Kier alpha value is -1.66.